The predicted octanol–water partition coefficient (Wildman–Crippen LogP) is 3.29. The number of hydrogen-bond acceptors (Lipinski definition) is 4. The van der Waals surface area contributed by atoms with Gasteiger partial charge < -0.3 is 15.2 Å². The molecule has 1 saturated carbocycles. The maximum absolute atomic E-state index is 12.4. The third-order valence-electron chi connectivity index (χ3n) is 4.82. The van der Waals surface area contributed by atoms with E-state index in [4.69, 9.17) is 4.74 Å². The van der Waals surface area contributed by atoms with Gasteiger partial charge in [-0.15, -0.1) is 11.3 Å². The van der Waals surface area contributed by atoms with E-state index in [1.807, 2.05) is 32.2 Å². The van der Waals surface area contributed by atoms with Crippen molar-refractivity contribution in [1.82, 2.24) is 10.2 Å². The van der Waals surface area contributed by atoms with Crippen molar-refractivity contribution < 1.29 is 19.4 Å². The highest BCUT2D eigenvalue weighted by Crippen LogP contribution is 2.48. The molecule has 1 aromatic heterocycles. The van der Waals surface area contributed by atoms with E-state index in [9.17, 15) is 14.7 Å². The highest BCUT2D eigenvalue weighted by molar-refractivity contribution is 7.10. The van der Waals surface area contributed by atoms with E-state index in [-0.39, 0.29) is 23.9 Å². The number of amides is 2. The number of ether oxygens (including phenoxy) is 1. The molecule has 2 unspecified atom stereocenters. The first-order valence-corrected chi connectivity index (χ1v) is 9.64. The number of carbonyl (C=O) groups excluding carboxylic acids is 1. The fourth-order valence-electron chi connectivity index (χ4n) is 3.48. The summed E-state index contributed by atoms with van der Waals surface area (Å²) in [5.41, 5.74) is 0.251. The van der Waals surface area contributed by atoms with Crippen molar-refractivity contribution in [3.8, 4) is 0 Å². The second-order valence-electron chi connectivity index (χ2n) is 7.83. The van der Waals surface area contributed by atoms with Crippen LogP contribution in [0.3, 0.4) is 0 Å². The summed E-state index contributed by atoms with van der Waals surface area (Å²) in [6.45, 7) is 7.13. The zero-order valence-electron chi connectivity index (χ0n) is 14.9. The van der Waals surface area contributed by atoms with Gasteiger partial charge in [0.05, 0.1) is 5.56 Å². The van der Waals surface area contributed by atoms with Gasteiger partial charge in [-0.25, -0.2) is 4.79 Å². The second kappa shape index (κ2) is 6.96. The average molecular weight is 366 g/mol. The van der Waals surface area contributed by atoms with Gasteiger partial charge in [0.2, 0.25) is 0 Å². The van der Waals surface area contributed by atoms with Crippen LogP contribution in [0.2, 0.25) is 0 Å². The third-order valence-corrected chi connectivity index (χ3v) is 5.89. The van der Waals surface area contributed by atoms with Gasteiger partial charge in [-0.1, -0.05) is 0 Å². The molecule has 1 aromatic rings. The van der Waals surface area contributed by atoms with Crippen LogP contribution in [-0.2, 0) is 4.74 Å². The fraction of sp³-hybridized carbons (Fsp3) is 0.667. The first kappa shape index (κ1) is 18.2. The molecule has 2 atom stereocenters. The lowest BCUT2D eigenvalue weighted by Gasteiger charge is -2.33. The standard InChI is InChI=1S/C18H26N2O4S/c1-18(2,3)20(17(22)23)14-9-13(14)15-8-11(10-25-15)16(21)19-12-4-6-24-7-5-12/h8,10,12-14H,4-7,9H2,1-3H3,(H,19,21)(H,22,23). The van der Waals surface area contributed by atoms with Crippen LogP contribution >= 0.6 is 11.3 Å². The second-order valence-corrected chi connectivity index (χ2v) is 8.77. The van der Waals surface area contributed by atoms with Crippen LogP contribution in [0.15, 0.2) is 11.4 Å². The zero-order valence-corrected chi connectivity index (χ0v) is 15.8. The van der Waals surface area contributed by atoms with Gasteiger partial charge in [0.15, 0.2) is 0 Å². The number of carboxylic acid groups (broad SMARTS) is 1. The van der Waals surface area contributed by atoms with Crippen LogP contribution in [0.5, 0.6) is 0 Å². The smallest absolute Gasteiger partial charge is 0.408 e. The summed E-state index contributed by atoms with van der Waals surface area (Å²) < 4.78 is 5.31. The minimum atomic E-state index is -0.881. The monoisotopic (exact) mass is 366 g/mol. The van der Waals surface area contributed by atoms with E-state index in [0.717, 1.165) is 24.1 Å². The van der Waals surface area contributed by atoms with Gasteiger partial charge in [-0.3, -0.25) is 9.69 Å². The van der Waals surface area contributed by atoms with Crippen LogP contribution in [0.1, 0.15) is 61.2 Å². The Balaban J connectivity index is 1.62. The van der Waals surface area contributed by atoms with Crippen LogP contribution in [-0.4, -0.2) is 52.8 Å². The van der Waals surface area contributed by atoms with Crippen molar-refractivity contribution in [1.29, 1.82) is 0 Å². The average Bonchev–Trinajstić information content (AvgIpc) is 3.11. The van der Waals surface area contributed by atoms with E-state index < -0.39 is 11.6 Å². The van der Waals surface area contributed by atoms with E-state index >= 15 is 0 Å². The number of thiophene rings is 1. The Kier molecular flexibility index (Phi) is 5.06. The lowest BCUT2D eigenvalue weighted by Crippen LogP contribution is -2.46. The largest absolute Gasteiger partial charge is 0.465 e. The molecule has 0 spiro atoms. The van der Waals surface area contributed by atoms with E-state index in [1.54, 1.807) is 16.2 Å². The number of nitrogens with zero attached hydrogens (tertiary/aromatic N) is 1. The summed E-state index contributed by atoms with van der Waals surface area (Å²) in [6, 6.07) is 2.11. The van der Waals surface area contributed by atoms with Crippen molar-refractivity contribution in [3.63, 3.8) is 0 Å². The van der Waals surface area contributed by atoms with Gasteiger partial charge in [-0.2, -0.15) is 0 Å². The topological polar surface area (TPSA) is 78.9 Å². The van der Waals surface area contributed by atoms with Gasteiger partial charge >= 0.3 is 6.09 Å². The lowest BCUT2D eigenvalue weighted by molar-refractivity contribution is 0.0696. The Morgan fingerprint density at radius 2 is 2.00 bits per heavy atom. The molecule has 2 heterocycles. The molecule has 0 bridgehead atoms. The van der Waals surface area contributed by atoms with E-state index in [0.29, 0.717) is 18.8 Å². The minimum Gasteiger partial charge on any atom is -0.465 e. The SMILES string of the molecule is CC(C)(C)N(C(=O)O)C1CC1c1cc(C(=O)NC2CCOCC2)cs1. The normalized spacial score (nSPS) is 24.0. The maximum atomic E-state index is 12.4. The molecule has 1 saturated heterocycles. The highest BCUT2D eigenvalue weighted by atomic mass is 32.1. The highest BCUT2D eigenvalue weighted by Gasteiger charge is 2.49. The Bertz CT molecular complexity index is 646. The summed E-state index contributed by atoms with van der Waals surface area (Å²) in [6.07, 6.45) is 1.65. The molecule has 0 radical (unpaired) electrons. The number of hydrogen-bond donors (Lipinski definition) is 2. The first-order valence-electron chi connectivity index (χ1n) is 8.76. The molecule has 1 aliphatic heterocycles. The lowest BCUT2D eigenvalue weighted by atomic mass is 10.1. The molecule has 138 valence electrons. The van der Waals surface area contributed by atoms with Crippen LogP contribution in [0, 0.1) is 0 Å². The first-order chi connectivity index (χ1) is 11.8. The van der Waals surface area contributed by atoms with Crippen molar-refractivity contribution >= 4 is 23.3 Å². The Hall–Kier alpha value is -1.60. The number of carbonyl (C=O) groups is 2. The molecule has 2 aliphatic rings. The van der Waals surface area contributed by atoms with Crippen LogP contribution in [0.25, 0.3) is 0 Å². The molecule has 6 nitrogen and oxygen atoms in total. The predicted molar refractivity (Wildman–Crippen MR) is 96.4 cm³/mol. The number of nitrogens with one attached hydrogen (secondary N) is 1. The molecule has 2 fully saturated rings. The van der Waals surface area contributed by atoms with Gasteiger partial charge in [0.25, 0.3) is 5.91 Å². The van der Waals surface area contributed by atoms with Crippen LogP contribution in [0.4, 0.5) is 4.79 Å². The maximum Gasteiger partial charge on any atom is 0.408 e. The Morgan fingerprint density at radius 1 is 1.32 bits per heavy atom. The quantitative estimate of drug-likeness (QED) is 0.857. The summed E-state index contributed by atoms with van der Waals surface area (Å²) in [7, 11) is 0. The molecule has 3 rings (SSSR count). The molecule has 2 N–H and O–H groups in total. The summed E-state index contributed by atoms with van der Waals surface area (Å²) in [5.74, 6) is 0.155. The van der Waals surface area contributed by atoms with Gasteiger partial charge in [-0.05, 0) is 46.1 Å². The molecular formula is C18H26N2O4S. The van der Waals surface area contributed by atoms with Crippen molar-refractivity contribution in [3.05, 3.63) is 21.9 Å². The summed E-state index contributed by atoms with van der Waals surface area (Å²) in [5, 5.41) is 14.5. The Labute approximate surface area is 152 Å². The molecule has 0 aromatic carbocycles. The molecule has 7 heteroatoms. The number of rotatable bonds is 4. The molecular weight excluding hydrogens is 340 g/mol. The summed E-state index contributed by atoms with van der Waals surface area (Å²) in [4.78, 5) is 26.6. The summed E-state index contributed by atoms with van der Waals surface area (Å²) >= 11 is 1.55. The zero-order chi connectivity index (χ0) is 18.2. The Morgan fingerprint density at radius 3 is 2.60 bits per heavy atom. The molecule has 2 amide bonds. The molecule has 1 aliphatic carbocycles. The van der Waals surface area contributed by atoms with E-state index in [2.05, 4.69) is 5.32 Å². The van der Waals surface area contributed by atoms with Gasteiger partial charge in [0.1, 0.15) is 0 Å². The molecule has 25 heavy (non-hydrogen) atoms. The van der Waals surface area contributed by atoms with E-state index in [1.165, 1.54) is 0 Å². The third kappa shape index (κ3) is 4.15. The van der Waals surface area contributed by atoms with Crippen LogP contribution < -0.4 is 5.32 Å². The fourth-order valence-corrected chi connectivity index (χ4v) is 4.54. The minimum absolute atomic E-state index is 0.00237. The van der Waals surface area contributed by atoms with Crippen molar-refractivity contribution in [2.75, 3.05) is 13.2 Å². The van der Waals surface area contributed by atoms with Crippen molar-refractivity contribution in [2.45, 2.75) is 63.6 Å². The van der Waals surface area contributed by atoms with Gasteiger partial charge in [0, 0.05) is 47.0 Å². The van der Waals surface area contributed by atoms with Crippen molar-refractivity contribution in [2.24, 2.45) is 0 Å².